The zero-order chi connectivity index (χ0) is 7.72. The number of hydrogen-bond acceptors (Lipinski definition) is 2. The van der Waals surface area contributed by atoms with E-state index in [4.69, 9.17) is 16.2 Å². The Hall–Kier alpha value is -1.26. The minimum absolute atomic E-state index is 0. The SMILES string of the molecule is C.N=C(N)N1CCC1C(=O)O. The van der Waals surface area contributed by atoms with E-state index in [0.29, 0.717) is 13.0 Å². The molecule has 1 aliphatic rings. The summed E-state index contributed by atoms with van der Waals surface area (Å²) < 4.78 is 0. The summed E-state index contributed by atoms with van der Waals surface area (Å²) in [6.45, 7) is 0.590. The van der Waals surface area contributed by atoms with Gasteiger partial charge in [-0.3, -0.25) is 5.41 Å². The zero-order valence-electron chi connectivity index (χ0n) is 5.37. The second kappa shape index (κ2) is 3.23. The first-order valence-corrected chi connectivity index (χ1v) is 2.96. The van der Waals surface area contributed by atoms with E-state index >= 15 is 0 Å². The van der Waals surface area contributed by atoms with Crippen LogP contribution in [-0.2, 0) is 4.79 Å². The van der Waals surface area contributed by atoms with Gasteiger partial charge in [0.1, 0.15) is 6.04 Å². The molecule has 0 amide bonds. The van der Waals surface area contributed by atoms with Gasteiger partial charge in [-0.25, -0.2) is 4.79 Å². The van der Waals surface area contributed by atoms with Crippen LogP contribution in [0, 0.1) is 5.41 Å². The number of carboxylic acids is 1. The number of likely N-dealkylation sites (tertiary alicyclic amines) is 1. The van der Waals surface area contributed by atoms with Crippen molar-refractivity contribution in [1.82, 2.24) is 4.90 Å². The van der Waals surface area contributed by atoms with Crippen molar-refractivity contribution in [3.63, 3.8) is 0 Å². The molecular formula is C6H13N3O2. The Morgan fingerprint density at radius 2 is 2.27 bits per heavy atom. The molecule has 64 valence electrons. The predicted molar refractivity (Wildman–Crippen MR) is 41.4 cm³/mol. The summed E-state index contributed by atoms with van der Waals surface area (Å²) in [4.78, 5) is 11.7. The molecule has 4 N–H and O–H groups in total. The smallest absolute Gasteiger partial charge is 0.326 e. The fourth-order valence-electron chi connectivity index (χ4n) is 0.932. The molecule has 0 aromatic rings. The van der Waals surface area contributed by atoms with Crippen molar-refractivity contribution < 1.29 is 9.90 Å². The number of carboxylic acid groups (broad SMARTS) is 1. The van der Waals surface area contributed by atoms with Crippen molar-refractivity contribution in [2.45, 2.75) is 19.9 Å². The molecule has 1 atom stereocenters. The first-order valence-electron chi connectivity index (χ1n) is 2.96. The lowest BCUT2D eigenvalue weighted by Crippen LogP contribution is -2.57. The van der Waals surface area contributed by atoms with Crippen LogP contribution in [0.2, 0.25) is 0 Å². The number of rotatable bonds is 1. The molecule has 0 bridgehead atoms. The van der Waals surface area contributed by atoms with Crippen LogP contribution in [0.5, 0.6) is 0 Å². The van der Waals surface area contributed by atoms with Gasteiger partial charge in [0.25, 0.3) is 0 Å². The summed E-state index contributed by atoms with van der Waals surface area (Å²) in [6, 6.07) is -0.558. The number of nitrogens with one attached hydrogen (secondary N) is 1. The van der Waals surface area contributed by atoms with Crippen LogP contribution < -0.4 is 5.73 Å². The van der Waals surface area contributed by atoms with Gasteiger partial charge in [0.15, 0.2) is 5.96 Å². The number of carbonyl (C=O) groups is 1. The van der Waals surface area contributed by atoms with Gasteiger partial charge >= 0.3 is 5.97 Å². The van der Waals surface area contributed by atoms with Crippen molar-refractivity contribution in [3.8, 4) is 0 Å². The Bertz CT molecular complexity index is 161. The molecule has 0 saturated carbocycles. The maximum absolute atomic E-state index is 10.3. The third kappa shape index (κ3) is 1.60. The second-order valence-electron chi connectivity index (χ2n) is 2.22. The molecule has 5 heteroatoms. The molecule has 11 heavy (non-hydrogen) atoms. The fourth-order valence-corrected chi connectivity index (χ4v) is 0.932. The Labute approximate surface area is 65.3 Å². The molecule has 5 nitrogen and oxygen atoms in total. The first kappa shape index (κ1) is 9.74. The highest BCUT2D eigenvalue weighted by atomic mass is 16.4. The largest absolute Gasteiger partial charge is 0.480 e. The summed E-state index contributed by atoms with van der Waals surface area (Å²) >= 11 is 0. The minimum Gasteiger partial charge on any atom is -0.480 e. The Morgan fingerprint density at radius 3 is 2.36 bits per heavy atom. The van der Waals surface area contributed by atoms with Crippen molar-refractivity contribution in [3.05, 3.63) is 0 Å². The molecule has 1 aliphatic heterocycles. The van der Waals surface area contributed by atoms with Crippen molar-refractivity contribution >= 4 is 11.9 Å². The van der Waals surface area contributed by atoms with Crippen LogP contribution in [0.25, 0.3) is 0 Å². The molecule has 0 aromatic carbocycles. The van der Waals surface area contributed by atoms with E-state index in [1.807, 2.05) is 0 Å². The molecule has 1 saturated heterocycles. The van der Waals surface area contributed by atoms with Crippen LogP contribution in [0.3, 0.4) is 0 Å². The Kier molecular flexibility index (Phi) is 2.86. The van der Waals surface area contributed by atoms with E-state index in [1.54, 1.807) is 0 Å². The van der Waals surface area contributed by atoms with Gasteiger partial charge in [-0.15, -0.1) is 0 Å². The van der Waals surface area contributed by atoms with E-state index in [2.05, 4.69) is 0 Å². The van der Waals surface area contributed by atoms with Crippen LogP contribution in [0.1, 0.15) is 13.8 Å². The summed E-state index contributed by atoms with van der Waals surface area (Å²) in [7, 11) is 0. The van der Waals surface area contributed by atoms with Gasteiger partial charge < -0.3 is 15.7 Å². The lowest BCUT2D eigenvalue weighted by Gasteiger charge is -2.37. The van der Waals surface area contributed by atoms with Gasteiger partial charge in [-0.05, 0) is 6.42 Å². The van der Waals surface area contributed by atoms with Crippen LogP contribution in [0.15, 0.2) is 0 Å². The van der Waals surface area contributed by atoms with Crippen LogP contribution in [-0.4, -0.2) is 34.5 Å². The van der Waals surface area contributed by atoms with E-state index in [9.17, 15) is 4.79 Å². The summed E-state index contributed by atoms with van der Waals surface area (Å²) in [5.74, 6) is -1.06. The lowest BCUT2D eigenvalue weighted by atomic mass is 10.0. The number of hydrogen-bond donors (Lipinski definition) is 3. The highest BCUT2D eigenvalue weighted by Crippen LogP contribution is 2.15. The molecule has 0 aliphatic carbocycles. The molecule has 1 rings (SSSR count). The molecule has 1 fully saturated rings. The van der Waals surface area contributed by atoms with Crippen LogP contribution >= 0.6 is 0 Å². The third-order valence-electron chi connectivity index (χ3n) is 1.61. The van der Waals surface area contributed by atoms with Gasteiger partial charge in [-0.2, -0.15) is 0 Å². The van der Waals surface area contributed by atoms with E-state index < -0.39 is 12.0 Å². The average Bonchev–Trinajstić information content (AvgIpc) is 1.56. The van der Waals surface area contributed by atoms with Crippen molar-refractivity contribution in [1.29, 1.82) is 5.41 Å². The van der Waals surface area contributed by atoms with Crippen LogP contribution in [0.4, 0.5) is 0 Å². The maximum Gasteiger partial charge on any atom is 0.326 e. The standard InChI is InChI=1S/C5H9N3O2.CH4/c6-5(7)8-2-1-3(8)4(9)10;/h3H,1-2H2,(H3,6,7)(H,9,10);1H4. The fraction of sp³-hybridized carbons (Fsp3) is 0.667. The van der Waals surface area contributed by atoms with Gasteiger partial charge in [-0.1, -0.05) is 7.43 Å². The predicted octanol–water partition coefficient (Wildman–Crippen LogP) is -0.325. The zero-order valence-corrected chi connectivity index (χ0v) is 5.37. The van der Waals surface area contributed by atoms with E-state index in [0.717, 1.165) is 0 Å². The number of aliphatic carboxylic acids is 1. The van der Waals surface area contributed by atoms with Crippen molar-refractivity contribution in [2.24, 2.45) is 5.73 Å². The minimum atomic E-state index is -0.901. The monoisotopic (exact) mass is 159 g/mol. The molecule has 1 heterocycles. The molecular weight excluding hydrogens is 146 g/mol. The van der Waals surface area contributed by atoms with Gasteiger partial charge in [0.2, 0.25) is 0 Å². The molecule has 1 unspecified atom stereocenters. The second-order valence-corrected chi connectivity index (χ2v) is 2.22. The maximum atomic E-state index is 10.3. The normalized spacial score (nSPS) is 21.5. The first-order chi connectivity index (χ1) is 4.63. The molecule has 0 aromatic heterocycles. The third-order valence-corrected chi connectivity index (χ3v) is 1.61. The number of nitrogens with two attached hydrogens (primary N) is 1. The summed E-state index contributed by atoms with van der Waals surface area (Å²) in [6.07, 6.45) is 0.592. The van der Waals surface area contributed by atoms with E-state index in [-0.39, 0.29) is 13.4 Å². The molecule has 0 spiro atoms. The molecule has 0 radical (unpaired) electrons. The highest BCUT2D eigenvalue weighted by molar-refractivity contribution is 5.84. The number of guanidine groups is 1. The average molecular weight is 159 g/mol. The van der Waals surface area contributed by atoms with Gasteiger partial charge in [0, 0.05) is 6.54 Å². The summed E-state index contributed by atoms with van der Waals surface area (Å²) in [5.41, 5.74) is 5.07. The number of nitrogens with zero attached hydrogens (tertiary/aromatic N) is 1. The summed E-state index contributed by atoms with van der Waals surface area (Å²) in [5, 5.41) is 15.4. The highest BCUT2D eigenvalue weighted by Gasteiger charge is 2.34. The Balaban J connectivity index is 0.000001000. The van der Waals surface area contributed by atoms with E-state index in [1.165, 1.54) is 4.90 Å². The quantitative estimate of drug-likeness (QED) is 0.361. The Morgan fingerprint density at radius 1 is 1.73 bits per heavy atom. The van der Waals surface area contributed by atoms with Gasteiger partial charge in [0.05, 0.1) is 0 Å². The van der Waals surface area contributed by atoms with Crippen molar-refractivity contribution in [2.75, 3.05) is 6.54 Å². The topological polar surface area (TPSA) is 90.4 Å². The lowest BCUT2D eigenvalue weighted by molar-refractivity contribution is -0.145.